The molecule has 3 N–H and O–H groups in total. The van der Waals surface area contributed by atoms with Gasteiger partial charge >= 0.3 is 5.97 Å². The van der Waals surface area contributed by atoms with Crippen molar-refractivity contribution in [2.24, 2.45) is 5.73 Å². The Bertz CT molecular complexity index is 656. The van der Waals surface area contributed by atoms with Gasteiger partial charge in [-0.2, -0.15) is 0 Å². The van der Waals surface area contributed by atoms with Gasteiger partial charge in [0.15, 0.2) is 0 Å². The van der Waals surface area contributed by atoms with Crippen LogP contribution in [0.1, 0.15) is 23.9 Å². The first-order valence-electron chi connectivity index (χ1n) is 7.01. The third-order valence-corrected chi connectivity index (χ3v) is 3.07. The Morgan fingerprint density at radius 2 is 2.14 bits per heavy atom. The van der Waals surface area contributed by atoms with Crippen LogP contribution in [0, 0.1) is 0 Å². The van der Waals surface area contributed by atoms with Gasteiger partial charge in [-0.15, -0.1) is 0 Å². The molecule has 1 heterocycles. The number of H-pyrrole nitrogens is 1. The van der Waals surface area contributed by atoms with E-state index >= 15 is 0 Å². The second-order valence-corrected chi connectivity index (χ2v) is 4.70. The Hall–Kier alpha value is -2.82. The minimum atomic E-state index is -0.499. The largest absolute Gasteiger partial charge is 0.457 e. The van der Waals surface area contributed by atoms with Crippen molar-refractivity contribution in [3.8, 4) is 0 Å². The molecule has 2 aromatic rings. The van der Waals surface area contributed by atoms with Crippen molar-refractivity contribution in [2.45, 2.75) is 13.3 Å². The molecule has 0 spiro atoms. The lowest BCUT2D eigenvalue weighted by molar-refractivity contribution is -0.137. The maximum absolute atomic E-state index is 11.3. The molecule has 0 saturated carbocycles. The molecule has 22 heavy (non-hydrogen) atoms. The lowest BCUT2D eigenvalue weighted by Gasteiger charge is -2.01. The fourth-order valence-corrected chi connectivity index (χ4v) is 1.84. The van der Waals surface area contributed by atoms with Crippen LogP contribution in [-0.2, 0) is 16.0 Å². The smallest absolute Gasteiger partial charge is 0.354 e. The minimum absolute atomic E-state index is 0.121. The number of carbonyl (C=O) groups excluding carboxylic acids is 1. The molecular weight excluding hydrogens is 278 g/mol. The second-order valence-electron chi connectivity index (χ2n) is 4.70. The van der Waals surface area contributed by atoms with Gasteiger partial charge in [0.1, 0.15) is 18.1 Å². The number of nitrogens with zero attached hydrogens (tertiary/aromatic N) is 1. The zero-order chi connectivity index (χ0) is 15.8. The van der Waals surface area contributed by atoms with Crippen molar-refractivity contribution >= 4 is 12.0 Å². The van der Waals surface area contributed by atoms with Crippen LogP contribution in [-0.4, -0.2) is 22.5 Å². The van der Waals surface area contributed by atoms with E-state index < -0.39 is 5.97 Å². The number of esters is 1. The highest BCUT2D eigenvalue weighted by atomic mass is 16.5. The van der Waals surface area contributed by atoms with Gasteiger partial charge in [0.2, 0.25) is 0 Å². The van der Waals surface area contributed by atoms with Gasteiger partial charge in [0.05, 0.1) is 0 Å². The lowest BCUT2D eigenvalue weighted by atomic mass is 10.1. The highest BCUT2D eigenvalue weighted by molar-refractivity contribution is 5.87. The molecule has 0 amide bonds. The molecule has 0 radical (unpaired) electrons. The maximum atomic E-state index is 11.3. The summed E-state index contributed by atoms with van der Waals surface area (Å²) in [6.45, 7) is 1.89. The van der Waals surface area contributed by atoms with Crippen molar-refractivity contribution in [2.75, 3.05) is 6.61 Å². The van der Waals surface area contributed by atoms with Crippen molar-refractivity contribution in [3.05, 3.63) is 71.5 Å². The van der Waals surface area contributed by atoms with E-state index in [1.54, 1.807) is 19.2 Å². The number of aromatic nitrogens is 2. The molecule has 2 rings (SSSR count). The summed E-state index contributed by atoms with van der Waals surface area (Å²) in [4.78, 5) is 18.6. The molecule has 1 aromatic heterocycles. The summed E-state index contributed by atoms with van der Waals surface area (Å²) in [6.07, 6.45) is 9.53. The summed E-state index contributed by atoms with van der Waals surface area (Å²) in [5, 5.41) is 0. The van der Waals surface area contributed by atoms with E-state index in [2.05, 4.69) is 9.97 Å². The van der Waals surface area contributed by atoms with E-state index in [0.29, 0.717) is 0 Å². The maximum Gasteiger partial charge on any atom is 0.354 e. The average molecular weight is 297 g/mol. The third kappa shape index (κ3) is 4.63. The number of rotatable bonds is 6. The molecule has 1 aromatic carbocycles. The van der Waals surface area contributed by atoms with Gasteiger partial charge in [-0.25, -0.2) is 9.78 Å². The molecule has 0 aliphatic heterocycles. The Kier molecular flexibility index (Phi) is 5.54. The number of nitrogens with one attached hydrogen (secondary N) is 1. The van der Waals surface area contributed by atoms with E-state index in [-0.39, 0.29) is 12.3 Å². The van der Waals surface area contributed by atoms with Gasteiger partial charge < -0.3 is 15.5 Å². The lowest BCUT2D eigenvalue weighted by Crippen LogP contribution is -2.14. The van der Waals surface area contributed by atoms with E-state index in [9.17, 15) is 4.79 Å². The number of benzene rings is 1. The Morgan fingerprint density at radius 1 is 1.36 bits per heavy atom. The molecular formula is C17H19N3O2. The molecule has 5 nitrogen and oxygen atoms in total. The summed E-state index contributed by atoms with van der Waals surface area (Å²) in [6, 6.07) is 8.12. The van der Waals surface area contributed by atoms with E-state index in [4.69, 9.17) is 10.5 Å². The van der Waals surface area contributed by atoms with Crippen molar-refractivity contribution in [3.63, 3.8) is 0 Å². The predicted molar refractivity (Wildman–Crippen MR) is 85.8 cm³/mol. The van der Waals surface area contributed by atoms with Crippen LogP contribution in [0.25, 0.3) is 6.08 Å². The normalized spacial score (nSPS) is 11.8. The van der Waals surface area contributed by atoms with Crippen LogP contribution in [0.5, 0.6) is 0 Å². The molecule has 0 unspecified atom stereocenters. The van der Waals surface area contributed by atoms with Crippen LogP contribution in [0.4, 0.5) is 0 Å². The number of hydrogen-bond acceptors (Lipinski definition) is 4. The minimum Gasteiger partial charge on any atom is -0.457 e. The van der Waals surface area contributed by atoms with Gasteiger partial charge in [-0.1, -0.05) is 36.4 Å². The van der Waals surface area contributed by atoms with Gasteiger partial charge in [0, 0.05) is 18.8 Å². The molecule has 0 fully saturated rings. The van der Waals surface area contributed by atoms with Crippen molar-refractivity contribution in [1.82, 2.24) is 9.97 Å². The number of allylic oxidation sites excluding steroid dienone is 1. The SMILES string of the molecule is C/C=C(\N)C(=O)OCC=Cc1ccc(Cc2ncc[nH]2)cc1. The first kappa shape index (κ1) is 15.6. The Morgan fingerprint density at radius 3 is 2.77 bits per heavy atom. The number of nitrogens with two attached hydrogens (primary N) is 1. The summed E-state index contributed by atoms with van der Waals surface area (Å²) in [7, 11) is 0. The van der Waals surface area contributed by atoms with Gasteiger partial charge in [0.25, 0.3) is 0 Å². The average Bonchev–Trinajstić information content (AvgIpc) is 3.05. The highest BCUT2D eigenvalue weighted by Gasteiger charge is 2.03. The van der Waals surface area contributed by atoms with Crippen LogP contribution < -0.4 is 5.73 Å². The fraction of sp³-hybridized carbons (Fsp3) is 0.176. The first-order chi connectivity index (χ1) is 10.7. The molecule has 0 bridgehead atoms. The number of aromatic amines is 1. The third-order valence-electron chi connectivity index (χ3n) is 3.07. The summed E-state index contributed by atoms with van der Waals surface area (Å²) >= 11 is 0. The highest BCUT2D eigenvalue weighted by Crippen LogP contribution is 2.09. The predicted octanol–water partition coefficient (Wildman–Crippen LogP) is 2.42. The van der Waals surface area contributed by atoms with Crippen LogP contribution in [0.2, 0.25) is 0 Å². The number of carbonyl (C=O) groups is 1. The van der Waals surface area contributed by atoms with Crippen molar-refractivity contribution in [1.29, 1.82) is 0 Å². The topological polar surface area (TPSA) is 81.0 Å². The molecule has 0 saturated heterocycles. The van der Waals surface area contributed by atoms with E-state index in [1.807, 2.05) is 36.5 Å². The number of hydrogen-bond donors (Lipinski definition) is 2. The fourth-order valence-electron chi connectivity index (χ4n) is 1.84. The summed E-state index contributed by atoms with van der Waals surface area (Å²) in [5.41, 5.74) is 7.78. The number of ether oxygens (including phenoxy) is 1. The van der Waals surface area contributed by atoms with Crippen LogP contribution in [0.3, 0.4) is 0 Å². The van der Waals surface area contributed by atoms with Gasteiger partial charge in [-0.3, -0.25) is 0 Å². The molecule has 0 atom stereocenters. The molecule has 5 heteroatoms. The molecule has 114 valence electrons. The van der Waals surface area contributed by atoms with Crippen LogP contribution >= 0.6 is 0 Å². The van der Waals surface area contributed by atoms with Crippen LogP contribution in [0.15, 0.2) is 54.5 Å². The first-order valence-corrected chi connectivity index (χ1v) is 7.01. The Labute approximate surface area is 129 Å². The monoisotopic (exact) mass is 297 g/mol. The summed E-state index contributed by atoms with van der Waals surface area (Å²) < 4.78 is 4.98. The summed E-state index contributed by atoms with van der Waals surface area (Å²) in [5.74, 6) is 0.442. The standard InChI is InChI=1S/C17H19N3O2/c1-2-15(18)17(21)22-11-3-4-13-5-7-14(8-6-13)12-16-19-9-10-20-16/h2-10H,11-12,18H2,1H3,(H,19,20)/b4-3?,15-2-. The zero-order valence-corrected chi connectivity index (χ0v) is 12.5. The van der Waals surface area contributed by atoms with E-state index in [1.165, 1.54) is 11.6 Å². The second kappa shape index (κ2) is 7.83. The van der Waals surface area contributed by atoms with Gasteiger partial charge in [-0.05, 0) is 24.1 Å². The zero-order valence-electron chi connectivity index (χ0n) is 12.5. The molecule has 0 aliphatic carbocycles. The Balaban J connectivity index is 1.83. The number of imidazole rings is 1. The van der Waals surface area contributed by atoms with E-state index in [0.717, 1.165) is 17.8 Å². The molecule has 0 aliphatic rings. The quantitative estimate of drug-likeness (QED) is 0.634. The van der Waals surface area contributed by atoms with Crippen molar-refractivity contribution < 1.29 is 9.53 Å².